The van der Waals surface area contributed by atoms with E-state index < -0.39 is 0 Å². The normalized spacial score (nSPS) is 32.9. The summed E-state index contributed by atoms with van der Waals surface area (Å²) in [5, 5.41) is 0. The fourth-order valence-corrected chi connectivity index (χ4v) is 2.39. The van der Waals surface area contributed by atoms with E-state index in [1.165, 1.54) is 25.9 Å². The number of rotatable bonds is 2. The summed E-state index contributed by atoms with van der Waals surface area (Å²) in [4.78, 5) is 2.38. The zero-order valence-corrected chi connectivity index (χ0v) is 9.83. The van der Waals surface area contributed by atoms with Crippen LogP contribution in [0.5, 0.6) is 0 Å². The quantitative estimate of drug-likeness (QED) is 0.641. The molecule has 0 aromatic carbocycles. The number of likely N-dealkylation sites (tertiary alicyclic amines) is 1. The van der Waals surface area contributed by atoms with Gasteiger partial charge in [0.2, 0.25) is 0 Å². The van der Waals surface area contributed by atoms with Gasteiger partial charge in [0, 0.05) is 19.0 Å². The standard InChI is InChI=1S/C13H21NO/c1-3-4-11-9-13(10-11)15-12-5-7-14(2)8-6-12/h11-13H,5-10H2,1-2H3. The Balaban J connectivity index is 1.64. The van der Waals surface area contributed by atoms with Crippen LogP contribution < -0.4 is 0 Å². The molecule has 0 bridgehead atoms. The maximum Gasteiger partial charge on any atom is 0.0603 e. The molecule has 0 aromatic rings. The Labute approximate surface area is 93.0 Å². The highest BCUT2D eigenvalue weighted by Crippen LogP contribution is 2.31. The smallest absolute Gasteiger partial charge is 0.0603 e. The molecule has 0 spiro atoms. The molecule has 0 N–H and O–H groups in total. The molecule has 84 valence electrons. The number of hydrogen-bond acceptors (Lipinski definition) is 2. The Morgan fingerprint density at radius 2 is 1.80 bits per heavy atom. The highest BCUT2D eigenvalue weighted by atomic mass is 16.5. The molecule has 1 saturated carbocycles. The molecule has 1 saturated heterocycles. The molecule has 1 heterocycles. The Hall–Kier alpha value is -0.520. The molecular weight excluding hydrogens is 186 g/mol. The van der Waals surface area contributed by atoms with Crippen LogP contribution in [0, 0.1) is 17.8 Å². The Kier molecular flexibility index (Phi) is 3.66. The largest absolute Gasteiger partial charge is 0.375 e. The highest BCUT2D eigenvalue weighted by Gasteiger charge is 2.31. The summed E-state index contributed by atoms with van der Waals surface area (Å²) in [7, 11) is 2.19. The number of nitrogens with zero attached hydrogens (tertiary/aromatic N) is 1. The number of hydrogen-bond donors (Lipinski definition) is 0. The molecule has 2 rings (SSSR count). The third-order valence-corrected chi connectivity index (χ3v) is 3.49. The molecule has 0 amide bonds. The van der Waals surface area contributed by atoms with Crippen LogP contribution >= 0.6 is 0 Å². The lowest BCUT2D eigenvalue weighted by Gasteiger charge is -2.37. The third kappa shape index (κ3) is 2.96. The topological polar surface area (TPSA) is 12.5 Å². The molecule has 2 fully saturated rings. The fourth-order valence-electron chi connectivity index (χ4n) is 2.39. The van der Waals surface area contributed by atoms with Crippen LogP contribution in [0.2, 0.25) is 0 Å². The van der Waals surface area contributed by atoms with E-state index in [-0.39, 0.29) is 0 Å². The first-order valence-corrected chi connectivity index (χ1v) is 6.04. The van der Waals surface area contributed by atoms with Gasteiger partial charge >= 0.3 is 0 Å². The van der Waals surface area contributed by atoms with Crippen molar-refractivity contribution in [1.29, 1.82) is 0 Å². The zero-order valence-electron chi connectivity index (χ0n) is 9.83. The summed E-state index contributed by atoms with van der Waals surface area (Å²) < 4.78 is 6.06. The zero-order chi connectivity index (χ0) is 10.7. The van der Waals surface area contributed by atoms with Gasteiger partial charge in [-0.1, -0.05) is 0 Å². The monoisotopic (exact) mass is 207 g/mol. The fraction of sp³-hybridized carbons (Fsp3) is 0.846. The third-order valence-electron chi connectivity index (χ3n) is 3.49. The van der Waals surface area contributed by atoms with E-state index in [4.69, 9.17) is 4.74 Å². The lowest BCUT2D eigenvalue weighted by atomic mass is 9.82. The molecule has 0 radical (unpaired) electrons. The molecule has 1 aliphatic heterocycles. The van der Waals surface area contributed by atoms with Crippen molar-refractivity contribution in [3.8, 4) is 11.8 Å². The van der Waals surface area contributed by atoms with Crippen molar-refractivity contribution in [2.45, 2.75) is 44.8 Å². The highest BCUT2D eigenvalue weighted by molar-refractivity contribution is 5.06. The van der Waals surface area contributed by atoms with Crippen LogP contribution in [-0.2, 0) is 4.74 Å². The first kappa shape index (κ1) is 11.0. The van der Waals surface area contributed by atoms with Gasteiger partial charge < -0.3 is 9.64 Å². The van der Waals surface area contributed by atoms with E-state index in [0.29, 0.717) is 18.1 Å². The van der Waals surface area contributed by atoms with Crippen LogP contribution in [0.1, 0.15) is 32.6 Å². The van der Waals surface area contributed by atoms with Crippen molar-refractivity contribution in [2.24, 2.45) is 5.92 Å². The molecule has 0 unspecified atom stereocenters. The molecule has 1 aliphatic carbocycles. The minimum absolute atomic E-state index is 0.504. The van der Waals surface area contributed by atoms with Gasteiger partial charge in [0.1, 0.15) is 0 Å². The van der Waals surface area contributed by atoms with Crippen molar-refractivity contribution < 1.29 is 4.74 Å². The Bertz CT molecular complexity index is 251. The van der Waals surface area contributed by atoms with E-state index in [0.717, 1.165) is 12.8 Å². The van der Waals surface area contributed by atoms with E-state index >= 15 is 0 Å². The second kappa shape index (κ2) is 5.01. The first-order chi connectivity index (χ1) is 7.28. The molecule has 2 nitrogen and oxygen atoms in total. The summed E-state index contributed by atoms with van der Waals surface area (Å²) in [5.74, 6) is 6.82. The molecule has 0 aromatic heterocycles. The lowest BCUT2D eigenvalue weighted by molar-refractivity contribution is -0.0828. The van der Waals surface area contributed by atoms with Gasteiger partial charge in [-0.2, -0.15) is 0 Å². The Morgan fingerprint density at radius 1 is 1.13 bits per heavy atom. The number of ether oxygens (including phenoxy) is 1. The average molecular weight is 207 g/mol. The maximum absolute atomic E-state index is 6.06. The SMILES string of the molecule is CC#CC1CC(OC2CCN(C)CC2)C1. The van der Waals surface area contributed by atoms with Crippen LogP contribution in [0.3, 0.4) is 0 Å². The summed E-state index contributed by atoms with van der Waals surface area (Å²) in [6.07, 6.45) is 5.75. The van der Waals surface area contributed by atoms with Crippen molar-refractivity contribution in [3.63, 3.8) is 0 Å². The molecule has 2 aliphatic rings. The average Bonchev–Trinajstić information content (AvgIpc) is 2.18. The maximum atomic E-state index is 6.06. The van der Waals surface area contributed by atoms with Crippen molar-refractivity contribution >= 4 is 0 Å². The van der Waals surface area contributed by atoms with E-state index in [1.54, 1.807) is 0 Å². The predicted molar refractivity (Wildman–Crippen MR) is 61.6 cm³/mol. The van der Waals surface area contributed by atoms with Gasteiger partial charge in [-0.15, -0.1) is 11.8 Å². The minimum atomic E-state index is 0.504. The second-order valence-corrected chi connectivity index (χ2v) is 4.82. The van der Waals surface area contributed by atoms with Gasteiger partial charge in [0.05, 0.1) is 12.2 Å². The summed E-state index contributed by atoms with van der Waals surface area (Å²) >= 11 is 0. The minimum Gasteiger partial charge on any atom is -0.375 e. The van der Waals surface area contributed by atoms with Gasteiger partial charge in [0.15, 0.2) is 0 Å². The molecule has 2 heteroatoms. The second-order valence-electron chi connectivity index (χ2n) is 4.82. The summed E-state index contributed by atoms with van der Waals surface area (Å²) in [6.45, 7) is 4.30. The van der Waals surface area contributed by atoms with Gasteiger partial charge in [-0.3, -0.25) is 0 Å². The molecule has 0 atom stereocenters. The van der Waals surface area contributed by atoms with E-state index in [1.807, 2.05) is 6.92 Å². The van der Waals surface area contributed by atoms with Gasteiger partial charge in [-0.05, 0) is 39.7 Å². The van der Waals surface area contributed by atoms with Crippen LogP contribution in [0.4, 0.5) is 0 Å². The van der Waals surface area contributed by atoms with Crippen molar-refractivity contribution in [1.82, 2.24) is 4.90 Å². The number of piperidine rings is 1. The van der Waals surface area contributed by atoms with Gasteiger partial charge in [-0.25, -0.2) is 0 Å². The van der Waals surface area contributed by atoms with E-state index in [2.05, 4.69) is 23.8 Å². The summed E-state index contributed by atoms with van der Waals surface area (Å²) in [6, 6.07) is 0. The van der Waals surface area contributed by atoms with Crippen LogP contribution in [-0.4, -0.2) is 37.2 Å². The predicted octanol–water partition coefficient (Wildman–Crippen LogP) is 1.90. The molecule has 15 heavy (non-hydrogen) atoms. The van der Waals surface area contributed by atoms with Crippen LogP contribution in [0.15, 0.2) is 0 Å². The van der Waals surface area contributed by atoms with Gasteiger partial charge in [0.25, 0.3) is 0 Å². The Morgan fingerprint density at radius 3 is 2.40 bits per heavy atom. The lowest BCUT2D eigenvalue weighted by Crippen LogP contribution is -2.39. The first-order valence-electron chi connectivity index (χ1n) is 6.04. The van der Waals surface area contributed by atoms with E-state index in [9.17, 15) is 0 Å². The van der Waals surface area contributed by atoms with Crippen molar-refractivity contribution in [3.05, 3.63) is 0 Å². The van der Waals surface area contributed by atoms with Crippen LogP contribution in [0.25, 0.3) is 0 Å². The summed E-state index contributed by atoms with van der Waals surface area (Å²) in [5.41, 5.74) is 0. The molecular formula is C13H21NO. The van der Waals surface area contributed by atoms with Crippen molar-refractivity contribution in [2.75, 3.05) is 20.1 Å².